The van der Waals surface area contributed by atoms with Gasteiger partial charge in [-0.25, -0.2) is 4.79 Å². The zero-order valence-corrected chi connectivity index (χ0v) is 20.7. The summed E-state index contributed by atoms with van der Waals surface area (Å²) in [6.45, 7) is 9.52. The van der Waals surface area contributed by atoms with E-state index in [1.165, 1.54) is 16.0 Å². The van der Waals surface area contributed by atoms with Crippen molar-refractivity contribution in [1.82, 2.24) is 0 Å². The molecule has 1 aliphatic heterocycles. The second-order valence-electron chi connectivity index (χ2n) is 7.96. The van der Waals surface area contributed by atoms with Gasteiger partial charge in [0.2, 0.25) is 0 Å². The third kappa shape index (κ3) is 7.18. The Morgan fingerprint density at radius 1 is 0.970 bits per heavy atom. The molecule has 33 heavy (non-hydrogen) atoms. The van der Waals surface area contributed by atoms with Crippen LogP contribution in [-0.2, 0) is 27.2 Å². The van der Waals surface area contributed by atoms with Gasteiger partial charge in [0.25, 0.3) is 0 Å². The van der Waals surface area contributed by atoms with Crippen molar-refractivity contribution in [2.75, 3.05) is 32.8 Å². The molecule has 1 N–H and O–H groups in total. The number of rotatable bonds is 10. The SMILES string of the molecule is CCOC(=O)C1=CCC[NH+](CCON=C(c2ccccc2CC)c2ccccc2CC)C1.[Cl-]. The smallest absolute Gasteiger partial charge is 0.339 e. The summed E-state index contributed by atoms with van der Waals surface area (Å²) in [4.78, 5) is 19.2. The van der Waals surface area contributed by atoms with Gasteiger partial charge in [-0.05, 0) is 30.9 Å². The number of carbonyl (C=O) groups is 1. The largest absolute Gasteiger partial charge is 1.00 e. The monoisotopic (exact) mass is 470 g/mol. The number of aryl methyl sites for hydroxylation is 2. The summed E-state index contributed by atoms with van der Waals surface area (Å²) in [7, 11) is 0. The molecule has 0 radical (unpaired) electrons. The highest BCUT2D eigenvalue weighted by molar-refractivity contribution is 6.14. The number of hydrogen-bond acceptors (Lipinski definition) is 4. The van der Waals surface area contributed by atoms with Crippen molar-refractivity contribution in [3.05, 3.63) is 82.4 Å². The lowest BCUT2D eigenvalue weighted by Crippen LogP contribution is -3.13. The van der Waals surface area contributed by atoms with E-state index in [4.69, 9.17) is 9.57 Å². The number of hydrogen-bond donors (Lipinski definition) is 1. The fourth-order valence-electron chi connectivity index (χ4n) is 4.14. The molecular weight excluding hydrogens is 436 g/mol. The molecule has 0 amide bonds. The molecule has 0 bridgehead atoms. The normalized spacial score (nSPS) is 15.1. The molecule has 1 heterocycles. The van der Waals surface area contributed by atoms with Gasteiger partial charge in [0.15, 0.2) is 6.61 Å². The van der Waals surface area contributed by atoms with Gasteiger partial charge in [0, 0.05) is 17.5 Å². The first-order chi connectivity index (χ1) is 15.7. The second-order valence-corrected chi connectivity index (χ2v) is 7.96. The van der Waals surface area contributed by atoms with Gasteiger partial charge in [0.1, 0.15) is 18.8 Å². The molecular formula is C27H35ClN2O3. The molecule has 5 nitrogen and oxygen atoms in total. The minimum Gasteiger partial charge on any atom is -1.00 e. The molecule has 2 aromatic rings. The molecule has 6 heteroatoms. The predicted molar refractivity (Wildman–Crippen MR) is 128 cm³/mol. The van der Waals surface area contributed by atoms with Crippen LogP contribution in [0, 0.1) is 0 Å². The first-order valence-electron chi connectivity index (χ1n) is 11.7. The zero-order chi connectivity index (χ0) is 22.8. The standard InChI is InChI=1S/C27H34N2O3.ClH/c1-4-21-12-7-9-15-24(21)26(25-16-10-8-13-22(25)5-2)28-32-19-18-29-17-11-14-23(20-29)27(30)31-6-3;/h7-10,12-16H,4-6,11,17-20H2,1-3H3;1H. The number of halogens is 1. The van der Waals surface area contributed by atoms with Crippen LogP contribution in [-0.4, -0.2) is 44.5 Å². The van der Waals surface area contributed by atoms with E-state index in [9.17, 15) is 4.79 Å². The number of oxime groups is 1. The number of nitrogens with one attached hydrogen (secondary N) is 1. The van der Waals surface area contributed by atoms with E-state index in [1.54, 1.807) is 0 Å². The quantitative estimate of drug-likeness (QED) is 0.236. The van der Waals surface area contributed by atoms with Crippen molar-refractivity contribution in [1.29, 1.82) is 0 Å². The van der Waals surface area contributed by atoms with Crippen LogP contribution in [0.4, 0.5) is 0 Å². The van der Waals surface area contributed by atoms with Crippen LogP contribution >= 0.6 is 0 Å². The molecule has 0 saturated heterocycles. The van der Waals surface area contributed by atoms with Crippen molar-refractivity contribution < 1.29 is 31.7 Å². The molecule has 3 rings (SSSR count). The number of esters is 1. The number of nitrogens with zero attached hydrogens (tertiary/aromatic N) is 1. The molecule has 1 atom stereocenters. The van der Waals surface area contributed by atoms with E-state index in [0.717, 1.165) is 54.8 Å². The topological polar surface area (TPSA) is 52.3 Å². The van der Waals surface area contributed by atoms with Crippen LogP contribution in [0.3, 0.4) is 0 Å². The number of quaternary nitrogens is 1. The number of ether oxygens (including phenoxy) is 1. The summed E-state index contributed by atoms with van der Waals surface area (Å²) in [5.41, 5.74) is 6.41. The maximum atomic E-state index is 12.0. The van der Waals surface area contributed by atoms with Gasteiger partial charge in [0.05, 0.1) is 18.7 Å². The predicted octanol–water partition coefficient (Wildman–Crippen LogP) is 0.363. The summed E-state index contributed by atoms with van der Waals surface area (Å²) < 4.78 is 5.15. The van der Waals surface area contributed by atoms with E-state index in [2.05, 4.69) is 67.5 Å². The van der Waals surface area contributed by atoms with Crippen molar-refractivity contribution >= 4 is 11.7 Å². The first-order valence-corrected chi connectivity index (χ1v) is 11.7. The van der Waals surface area contributed by atoms with E-state index < -0.39 is 0 Å². The van der Waals surface area contributed by atoms with E-state index >= 15 is 0 Å². The lowest BCUT2D eigenvalue weighted by molar-refractivity contribution is -0.896. The molecule has 0 saturated carbocycles. The Balaban J connectivity index is 0.00000385. The highest BCUT2D eigenvalue weighted by atomic mass is 35.5. The van der Waals surface area contributed by atoms with Gasteiger partial charge in [-0.15, -0.1) is 0 Å². The van der Waals surface area contributed by atoms with Gasteiger partial charge < -0.3 is 26.9 Å². The van der Waals surface area contributed by atoms with Crippen molar-refractivity contribution in [3.8, 4) is 0 Å². The van der Waals surface area contributed by atoms with Crippen molar-refractivity contribution in [2.24, 2.45) is 5.16 Å². The van der Waals surface area contributed by atoms with Gasteiger partial charge >= 0.3 is 5.97 Å². The Hall–Kier alpha value is -2.63. The van der Waals surface area contributed by atoms with Crippen LogP contribution in [0.1, 0.15) is 49.4 Å². The molecule has 2 aromatic carbocycles. The van der Waals surface area contributed by atoms with Gasteiger partial charge in [-0.2, -0.15) is 0 Å². The van der Waals surface area contributed by atoms with Crippen molar-refractivity contribution in [2.45, 2.75) is 40.0 Å². The minimum absolute atomic E-state index is 0. The van der Waals surface area contributed by atoms with Crippen LogP contribution in [0.2, 0.25) is 0 Å². The lowest BCUT2D eigenvalue weighted by Gasteiger charge is -2.23. The maximum Gasteiger partial charge on any atom is 0.339 e. The Morgan fingerprint density at radius 3 is 2.15 bits per heavy atom. The molecule has 0 aliphatic carbocycles. The third-order valence-electron chi connectivity index (χ3n) is 5.88. The van der Waals surface area contributed by atoms with Crippen LogP contribution < -0.4 is 17.3 Å². The summed E-state index contributed by atoms with van der Waals surface area (Å²) in [5, 5.41) is 4.65. The zero-order valence-electron chi connectivity index (χ0n) is 19.9. The lowest BCUT2D eigenvalue weighted by atomic mass is 9.92. The first kappa shape index (κ1) is 26.6. The minimum atomic E-state index is -0.196. The van der Waals surface area contributed by atoms with Gasteiger partial charge in [-0.3, -0.25) is 0 Å². The van der Waals surface area contributed by atoms with E-state index in [0.29, 0.717) is 19.8 Å². The van der Waals surface area contributed by atoms with Gasteiger partial charge in [-0.1, -0.05) is 73.6 Å². The molecule has 0 spiro atoms. The summed E-state index contributed by atoms with van der Waals surface area (Å²) in [5.74, 6) is -0.196. The Bertz CT molecular complexity index is 922. The molecule has 178 valence electrons. The molecule has 1 unspecified atom stereocenters. The average molecular weight is 471 g/mol. The third-order valence-corrected chi connectivity index (χ3v) is 5.88. The molecule has 0 fully saturated rings. The Labute approximate surface area is 203 Å². The number of carbonyl (C=O) groups excluding carboxylic acids is 1. The van der Waals surface area contributed by atoms with Crippen LogP contribution in [0.15, 0.2) is 65.3 Å². The van der Waals surface area contributed by atoms with Crippen molar-refractivity contribution in [3.63, 3.8) is 0 Å². The Kier molecular flexibility index (Phi) is 11.1. The Morgan fingerprint density at radius 2 is 1.58 bits per heavy atom. The fraction of sp³-hybridized carbons (Fsp3) is 0.407. The molecule has 0 aromatic heterocycles. The molecule has 1 aliphatic rings. The van der Waals surface area contributed by atoms with E-state index in [-0.39, 0.29) is 18.4 Å². The highest BCUT2D eigenvalue weighted by Gasteiger charge is 2.22. The van der Waals surface area contributed by atoms with E-state index in [1.807, 2.05) is 13.0 Å². The summed E-state index contributed by atoms with van der Waals surface area (Å²) in [6.07, 6.45) is 4.75. The number of benzene rings is 2. The van der Waals surface area contributed by atoms with Crippen LogP contribution in [0.25, 0.3) is 0 Å². The fourth-order valence-corrected chi connectivity index (χ4v) is 4.14. The maximum absolute atomic E-state index is 12.0. The second kappa shape index (κ2) is 13.8. The summed E-state index contributed by atoms with van der Waals surface area (Å²) in [6, 6.07) is 16.8. The summed E-state index contributed by atoms with van der Waals surface area (Å²) >= 11 is 0. The van der Waals surface area contributed by atoms with Crippen LogP contribution in [0.5, 0.6) is 0 Å². The average Bonchev–Trinajstić information content (AvgIpc) is 2.84. The highest BCUT2D eigenvalue weighted by Crippen LogP contribution is 2.20.